The fourth-order valence-electron chi connectivity index (χ4n) is 2.54. The Morgan fingerprint density at radius 3 is 2.53 bits per heavy atom. The van der Waals surface area contributed by atoms with Gasteiger partial charge in [-0.2, -0.15) is 0 Å². The smallest absolute Gasteiger partial charge is 0.325 e. The second-order valence-corrected chi connectivity index (χ2v) is 5.18. The Kier molecular flexibility index (Phi) is 4.56. The largest absolute Gasteiger partial charge is 0.468 e. The van der Waals surface area contributed by atoms with Crippen molar-refractivity contribution >= 4 is 5.97 Å². The molecule has 4 nitrogen and oxygen atoms in total. The summed E-state index contributed by atoms with van der Waals surface area (Å²) < 4.78 is 4.69. The number of ether oxygens (including phenoxy) is 1. The molecule has 0 heterocycles. The Morgan fingerprint density at radius 1 is 1.37 bits per heavy atom. The van der Waals surface area contributed by atoms with Gasteiger partial charge in [0.2, 0.25) is 0 Å². The number of esters is 1. The summed E-state index contributed by atoms with van der Waals surface area (Å²) in [6, 6.07) is 10.0. The lowest BCUT2D eigenvalue weighted by atomic mass is 9.75. The van der Waals surface area contributed by atoms with Gasteiger partial charge in [-0.1, -0.05) is 30.3 Å². The third-order valence-corrected chi connectivity index (χ3v) is 3.76. The van der Waals surface area contributed by atoms with Gasteiger partial charge in [-0.15, -0.1) is 0 Å². The van der Waals surface area contributed by atoms with Gasteiger partial charge in [-0.05, 0) is 31.2 Å². The normalized spacial score (nSPS) is 25.2. The number of hydrogen-bond acceptors (Lipinski definition) is 4. The van der Waals surface area contributed by atoms with Crippen molar-refractivity contribution in [1.29, 1.82) is 0 Å². The van der Waals surface area contributed by atoms with Crippen LogP contribution in [-0.2, 0) is 9.53 Å². The van der Waals surface area contributed by atoms with Crippen molar-refractivity contribution in [1.82, 2.24) is 5.32 Å². The van der Waals surface area contributed by atoms with E-state index in [1.165, 1.54) is 12.7 Å². The monoisotopic (exact) mass is 263 g/mol. The first kappa shape index (κ1) is 14.0. The molecule has 0 aromatic heterocycles. The van der Waals surface area contributed by atoms with Crippen LogP contribution in [0.25, 0.3) is 0 Å². The van der Waals surface area contributed by atoms with Crippen molar-refractivity contribution in [3.8, 4) is 0 Å². The topological polar surface area (TPSA) is 58.6 Å². The van der Waals surface area contributed by atoms with Crippen molar-refractivity contribution in [2.45, 2.75) is 43.9 Å². The van der Waals surface area contributed by atoms with E-state index in [0.29, 0.717) is 5.92 Å². The van der Waals surface area contributed by atoms with Crippen LogP contribution in [0.2, 0.25) is 0 Å². The summed E-state index contributed by atoms with van der Waals surface area (Å²) in [4.78, 5) is 11.5. The zero-order valence-electron chi connectivity index (χ0n) is 11.4. The quantitative estimate of drug-likeness (QED) is 0.789. The molecule has 104 valence electrons. The number of aliphatic hydroxyl groups is 1. The first-order chi connectivity index (χ1) is 9.11. The summed E-state index contributed by atoms with van der Waals surface area (Å²) in [6.45, 7) is 1.60. The Morgan fingerprint density at radius 2 is 2.00 bits per heavy atom. The molecular formula is C15H21NO3. The fraction of sp³-hybridized carbons (Fsp3) is 0.533. The van der Waals surface area contributed by atoms with Gasteiger partial charge in [0, 0.05) is 6.04 Å². The second-order valence-electron chi connectivity index (χ2n) is 5.18. The minimum Gasteiger partial charge on any atom is -0.468 e. The van der Waals surface area contributed by atoms with Crippen LogP contribution in [-0.4, -0.2) is 36.4 Å². The van der Waals surface area contributed by atoms with Crippen LogP contribution in [0.1, 0.15) is 31.2 Å². The van der Waals surface area contributed by atoms with Crippen LogP contribution in [0.15, 0.2) is 30.3 Å². The Labute approximate surface area is 113 Å². The maximum atomic E-state index is 11.5. The van der Waals surface area contributed by atoms with Crippen LogP contribution >= 0.6 is 0 Å². The highest BCUT2D eigenvalue weighted by Gasteiger charge is 2.35. The summed E-state index contributed by atoms with van der Waals surface area (Å²) in [5, 5.41) is 12.8. The van der Waals surface area contributed by atoms with Gasteiger partial charge >= 0.3 is 5.97 Å². The Bertz CT molecular complexity index is 413. The van der Waals surface area contributed by atoms with Gasteiger partial charge in [-0.3, -0.25) is 10.1 Å². The molecule has 0 aliphatic heterocycles. The van der Waals surface area contributed by atoms with Crippen LogP contribution in [0.4, 0.5) is 0 Å². The molecule has 0 spiro atoms. The maximum Gasteiger partial charge on any atom is 0.325 e. The number of benzene rings is 1. The summed E-state index contributed by atoms with van der Waals surface area (Å²) >= 11 is 0. The molecule has 1 aliphatic carbocycles. The molecule has 0 unspecified atom stereocenters. The van der Waals surface area contributed by atoms with Gasteiger partial charge < -0.3 is 9.84 Å². The molecule has 2 rings (SSSR count). The second kappa shape index (κ2) is 6.17. The van der Waals surface area contributed by atoms with Crippen molar-refractivity contribution in [3.05, 3.63) is 35.9 Å². The minimum absolute atomic E-state index is 0.268. The van der Waals surface area contributed by atoms with Crippen LogP contribution < -0.4 is 5.32 Å². The minimum atomic E-state index is -0.747. The fourth-order valence-corrected chi connectivity index (χ4v) is 2.54. The average molecular weight is 263 g/mol. The number of aliphatic hydroxyl groups excluding tert-OH is 1. The maximum absolute atomic E-state index is 11.5. The van der Waals surface area contributed by atoms with E-state index in [2.05, 4.69) is 17.4 Å². The molecule has 2 N–H and O–H groups in total. The Hall–Kier alpha value is -1.39. The summed E-state index contributed by atoms with van der Waals surface area (Å²) in [5.74, 6) is 0.143. The van der Waals surface area contributed by atoms with E-state index in [4.69, 9.17) is 4.74 Å². The molecule has 1 aromatic carbocycles. The Balaban J connectivity index is 1.85. The molecule has 0 amide bonds. The van der Waals surface area contributed by atoms with Crippen LogP contribution in [0.5, 0.6) is 0 Å². The molecule has 19 heavy (non-hydrogen) atoms. The lowest BCUT2D eigenvalue weighted by Crippen LogP contribution is -2.53. The molecule has 1 aromatic rings. The molecule has 1 saturated carbocycles. The van der Waals surface area contributed by atoms with Gasteiger partial charge in [0.25, 0.3) is 0 Å². The van der Waals surface area contributed by atoms with E-state index in [-0.39, 0.29) is 6.04 Å². The number of methoxy groups -OCH3 is 1. The molecule has 0 radical (unpaired) electrons. The molecule has 0 bridgehead atoms. The van der Waals surface area contributed by atoms with Gasteiger partial charge in [0.1, 0.15) is 6.04 Å². The van der Waals surface area contributed by atoms with Crippen LogP contribution in [0, 0.1) is 0 Å². The first-order valence-corrected chi connectivity index (χ1v) is 6.68. The number of rotatable bonds is 5. The number of nitrogens with one attached hydrogen (secondary N) is 1. The highest BCUT2D eigenvalue weighted by molar-refractivity contribution is 5.76. The van der Waals surface area contributed by atoms with Gasteiger partial charge in [0.05, 0.1) is 13.2 Å². The van der Waals surface area contributed by atoms with E-state index in [1.807, 2.05) is 18.2 Å². The summed E-state index contributed by atoms with van der Waals surface area (Å²) in [6.07, 6.45) is 1.23. The number of hydrogen-bond donors (Lipinski definition) is 2. The zero-order valence-corrected chi connectivity index (χ0v) is 11.4. The van der Waals surface area contributed by atoms with Gasteiger partial charge in [0.15, 0.2) is 0 Å². The molecule has 0 saturated heterocycles. The molecular weight excluding hydrogens is 242 g/mol. The van der Waals surface area contributed by atoms with Crippen molar-refractivity contribution in [2.24, 2.45) is 0 Å². The van der Waals surface area contributed by atoms with E-state index < -0.39 is 18.1 Å². The third-order valence-electron chi connectivity index (χ3n) is 3.76. The predicted molar refractivity (Wildman–Crippen MR) is 72.8 cm³/mol. The van der Waals surface area contributed by atoms with E-state index in [9.17, 15) is 9.90 Å². The molecule has 1 aliphatic rings. The van der Waals surface area contributed by atoms with E-state index in [1.54, 1.807) is 6.92 Å². The van der Waals surface area contributed by atoms with Crippen molar-refractivity contribution < 1.29 is 14.6 Å². The van der Waals surface area contributed by atoms with E-state index in [0.717, 1.165) is 12.8 Å². The SMILES string of the molecule is COC(=O)[C@@H](NC1CC(c2ccccc2)C1)[C@@H](C)O. The zero-order chi connectivity index (χ0) is 13.8. The number of carbonyl (C=O) groups excluding carboxylic acids is 1. The van der Waals surface area contributed by atoms with E-state index >= 15 is 0 Å². The summed E-state index contributed by atoms with van der Waals surface area (Å²) in [7, 11) is 1.34. The van der Waals surface area contributed by atoms with Crippen LogP contribution in [0.3, 0.4) is 0 Å². The molecule has 1 fully saturated rings. The molecule has 4 heteroatoms. The summed E-state index contributed by atoms with van der Waals surface area (Å²) in [5.41, 5.74) is 1.34. The lowest BCUT2D eigenvalue weighted by Gasteiger charge is -2.38. The standard InChI is InChI=1S/C15H21NO3/c1-10(17)14(15(18)19-2)16-13-8-12(9-13)11-6-4-3-5-7-11/h3-7,10,12-14,16-17H,8-9H2,1-2H3/t10-,12?,13?,14+/m1/s1. The number of carbonyl (C=O) groups is 1. The highest BCUT2D eigenvalue weighted by Crippen LogP contribution is 2.36. The first-order valence-electron chi connectivity index (χ1n) is 6.68. The average Bonchev–Trinajstić information content (AvgIpc) is 2.37. The van der Waals surface area contributed by atoms with Crippen molar-refractivity contribution in [3.63, 3.8) is 0 Å². The van der Waals surface area contributed by atoms with Crippen molar-refractivity contribution in [2.75, 3.05) is 7.11 Å². The molecule has 2 atom stereocenters. The lowest BCUT2D eigenvalue weighted by molar-refractivity contribution is -0.146. The third kappa shape index (κ3) is 3.33. The van der Waals surface area contributed by atoms with Gasteiger partial charge in [-0.25, -0.2) is 0 Å². The predicted octanol–water partition coefficient (Wildman–Crippen LogP) is 1.44. The highest BCUT2D eigenvalue weighted by atomic mass is 16.5.